The number of rotatable bonds is 7. The summed E-state index contributed by atoms with van der Waals surface area (Å²) in [6.45, 7) is 1.93. The van der Waals surface area contributed by atoms with E-state index in [9.17, 15) is 9.59 Å². The maximum Gasteiger partial charge on any atom is 0.356 e. The lowest BCUT2D eigenvalue weighted by Gasteiger charge is -2.06. The predicted molar refractivity (Wildman–Crippen MR) is 104 cm³/mol. The van der Waals surface area contributed by atoms with Crippen LogP contribution in [0.1, 0.15) is 22.8 Å². The van der Waals surface area contributed by atoms with E-state index >= 15 is 0 Å². The molecule has 0 aromatic heterocycles. The maximum absolute atomic E-state index is 12.3. The molecule has 0 spiro atoms. The SMILES string of the molecule is CCOC(=O)C(/C=C/c1ccc(OC)cc1)=Nc1ccccc1C(=O)OC. The van der Waals surface area contributed by atoms with Crippen molar-refractivity contribution in [2.24, 2.45) is 4.99 Å². The number of ether oxygens (including phenoxy) is 3. The predicted octanol–water partition coefficient (Wildman–Crippen LogP) is 3.83. The minimum atomic E-state index is -0.582. The van der Waals surface area contributed by atoms with Gasteiger partial charge in [-0.25, -0.2) is 14.6 Å². The van der Waals surface area contributed by atoms with Gasteiger partial charge in [0, 0.05) is 0 Å². The molecule has 0 N–H and O–H groups in total. The van der Waals surface area contributed by atoms with E-state index in [4.69, 9.17) is 14.2 Å². The molecule has 6 heteroatoms. The van der Waals surface area contributed by atoms with Gasteiger partial charge in [0.1, 0.15) is 11.5 Å². The Morgan fingerprint density at radius 2 is 1.74 bits per heavy atom. The van der Waals surface area contributed by atoms with Crippen LogP contribution in [0.4, 0.5) is 5.69 Å². The quantitative estimate of drug-likeness (QED) is 0.549. The molecule has 27 heavy (non-hydrogen) atoms. The number of benzene rings is 2. The molecule has 0 aliphatic heterocycles. The first-order valence-electron chi connectivity index (χ1n) is 8.34. The molecule has 6 nitrogen and oxygen atoms in total. The van der Waals surface area contributed by atoms with Crippen molar-refractivity contribution in [2.45, 2.75) is 6.92 Å². The van der Waals surface area contributed by atoms with Crippen molar-refractivity contribution >= 4 is 29.4 Å². The van der Waals surface area contributed by atoms with Crippen molar-refractivity contribution in [1.82, 2.24) is 0 Å². The van der Waals surface area contributed by atoms with E-state index in [2.05, 4.69) is 4.99 Å². The summed E-state index contributed by atoms with van der Waals surface area (Å²) in [5.74, 6) is -0.378. The van der Waals surface area contributed by atoms with Crippen LogP contribution < -0.4 is 4.74 Å². The standard InChI is InChI=1S/C21H21NO5/c1-4-27-21(24)19(14-11-15-9-12-16(25-2)13-10-15)22-18-8-6-5-7-17(18)20(23)26-3/h5-14H,4H2,1-3H3/b14-11+,22-19?. The molecule has 2 aromatic rings. The van der Waals surface area contributed by atoms with E-state index in [1.54, 1.807) is 50.5 Å². The Labute approximate surface area is 158 Å². The molecule has 2 aromatic carbocycles. The minimum absolute atomic E-state index is 0.0732. The van der Waals surface area contributed by atoms with Crippen LogP contribution in [-0.4, -0.2) is 38.5 Å². The van der Waals surface area contributed by atoms with E-state index < -0.39 is 11.9 Å². The average molecular weight is 367 g/mol. The van der Waals surface area contributed by atoms with Crippen molar-refractivity contribution in [3.63, 3.8) is 0 Å². The Morgan fingerprint density at radius 3 is 2.37 bits per heavy atom. The van der Waals surface area contributed by atoms with Gasteiger partial charge in [-0.1, -0.05) is 30.3 Å². The summed E-state index contributed by atoms with van der Waals surface area (Å²) in [5.41, 5.74) is 1.52. The summed E-state index contributed by atoms with van der Waals surface area (Å²) in [7, 11) is 2.88. The molecule has 0 bridgehead atoms. The second kappa shape index (κ2) is 9.91. The second-order valence-electron chi connectivity index (χ2n) is 5.33. The third-order valence-corrected chi connectivity index (χ3v) is 3.58. The first kappa shape index (κ1) is 19.9. The average Bonchev–Trinajstić information content (AvgIpc) is 2.71. The third kappa shape index (κ3) is 5.54. The summed E-state index contributed by atoms with van der Waals surface area (Å²) < 4.78 is 15.0. The molecule has 140 valence electrons. The van der Waals surface area contributed by atoms with E-state index in [0.717, 1.165) is 11.3 Å². The molecule has 0 heterocycles. The highest BCUT2D eigenvalue weighted by molar-refractivity contribution is 6.42. The van der Waals surface area contributed by atoms with Gasteiger partial charge in [0.05, 0.1) is 32.1 Å². The Hall–Kier alpha value is -3.41. The smallest absolute Gasteiger partial charge is 0.356 e. The fourth-order valence-electron chi connectivity index (χ4n) is 2.23. The summed E-state index contributed by atoms with van der Waals surface area (Å²) in [5, 5.41) is 0. The zero-order chi connectivity index (χ0) is 19.6. The normalized spacial score (nSPS) is 11.3. The zero-order valence-electron chi connectivity index (χ0n) is 15.5. The number of hydrogen-bond acceptors (Lipinski definition) is 6. The van der Waals surface area contributed by atoms with Gasteiger partial charge in [-0.3, -0.25) is 0 Å². The molecule has 0 fully saturated rings. The van der Waals surface area contributed by atoms with Gasteiger partial charge < -0.3 is 14.2 Å². The molecule has 0 saturated heterocycles. The fourth-order valence-corrected chi connectivity index (χ4v) is 2.23. The van der Waals surface area contributed by atoms with Crippen molar-refractivity contribution in [1.29, 1.82) is 0 Å². The van der Waals surface area contributed by atoms with Gasteiger partial charge in [-0.15, -0.1) is 0 Å². The van der Waals surface area contributed by atoms with Crippen LogP contribution in [0.15, 0.2) is 59.6 Å². The zero-order valence-corrected chi connectivity index (χ0v) is 15.5. The third-order valence-electron chi connectivity index (χ3n) is 3.58. The van der Waals surface area contributed by atoms with Crippen molar-refractivity contribution < 1.29 is 23.8 Å². The van der Waals surface area contributed by atoms with Crippen LogP contribution in [0.5, 0.6) is 5.75 Å². The fraction of sp³-hybridized carbons (Fsp3) is 0.190. The van der Waals surface area contributed by atoms with Crippen LogP contribution >= 0.6 is 0 Å². The molecular formula is C21H21NO5. The van der Waals surface area contributed by atoms with Gasteiger partial charge >= 0.3 is 11.9 Å². The number of esters is 2. The molecule has 0 saturated carbocycles. The van der Waals surface area contributed by atoms with Gasteiger partial charge in [0.25, 0.3) is 0 Å². The second-order valence-corrected chi connectivity index (χ2v) is 5.33. The summed E-state index contributed by atoms with van der Waals surface area (Å²) >= 11 is 0. The van der Waals surface area contributed by atoms with Gasteiger partial charge in [0.2, 0.25) is 0 Å². The topological polar surface area (TPSA) is 74.2 Å². The number of methoxy groups -OCH3 is 2. The number of aliphatic imine (C=N–C) groups is 1. The van der Waals surface area contributed by atoms with Gasteiger partial charge in [-0.05, 0) is 42.8 Å². The van der Waals surface area contributed by atoms with Crippen LogP contribution in [0.3, 0.4) is 0 Å². The molecule has 0 amide bonds. The summed E-state index contributed by atoms with van der Waals surface area (Å²) in [6, 6.07) is 14.0. The van der Waals surface area contributed by atoms with Crippen LogP contribution in [0, 0.1) is 0 Å². The van der Waals surface area contributed by atoms with Crippen molar-refractivity contribution in [3.05, 3.63) is 65.7 Å². The number of para-hydroxylation sites is 1. The van der Waals surface area contributed by atoms with E-state index in [1.165, 1.54) is 7.11 Å². The Morgan fingerprint density at radius 1 is 1.04 bits per heavy atom. The highest BCUT2D eigenvalue weighted by Gasteiger charge is 2.14. The minimum Gasteiger partial charge on any atom is -0.497 e. The molecular weight excluding hydrogens is 346 g/mol. The van der Waals surface area contributed by atoms with E-state index in [0.29, 0.717) is 5.69 Å². The van der Waals surface area contributed by atoms with E-state index in [-0.39, 0.29) is 17.9 Å². The lowest BCUT2D eigenvalue weighted by atomic mass is 10.1. The highest BCUT2D eigenvalue weighted by Crippen LogP contribution is 2.20. The van der Waals surface area contributed by atoms with Crippen LogP contribution in [0.2, 0.25) is 0 Å². The number of hydrogen-bond donors (Lipinski definition) is 0. The van der Waals surface area contributed by atoms with Crippen molar-refractivity contribution in [2.75, 3.05) is 20.8 Å². The Balaban J connectivity index is 2.40. The van der Waals surface area contributed by atoms with Gasteiger partial charge in [0.15, 0.2) is 0 Å². The first-order chi connectivity index (χ1) is 13.1. The number of carbonyl (C=O) groups excluding carboxylic acids is 2. The van der Waals surface area contributed by atoms with Crippen LogP contribution in [-0.2, 0) is 14.3 Å². The molecule has 0 radical (unpaired) electrons. The summed E-state index contributed by atoms with van der Waals surface area (Å²) in [6.07, 6.45) is 3.28. The molecule has 0 aliphatic rings. The summed E-state index contributed by atoms with van der Waals surface area (Å²) in [4.78, 5) is 28.5. The lowest BCUT2D eigenvalue weighted by Crippen LogP contribution is -2.15. The molecule has 2 rings (SSSR count). The first-order valence-corrected chi connectivity index (χ1v) is 8.34. The number of carbonyl (C=O) groups is 2. The van der Waals surface area contributed by atoms with Gasteiger partial charge in [-0.2, -0.15) is 0 Å². The molecule has 0 atom stereocenters. The lowest BCUT2D eigenvalue weighted by molar-refractivity contribution is -0.134. The Bertz CT molecular complexity index is 853. The van der Waals surface area contributed by atoms with Crippen LogP contribution in [0.25, 0.3) is 6.08 Å². The molecule has 0 aliphatic carbocycles. The molecule has 0 unspecified atom stereocenters. The maximum atomic E-state index is 12.3. The number of nitrogens with zero attached hydrogens (tertiary/aromatic N) is 1. The van der Waals surface area contributed by atoms with E-state index in [1.807, 2.05) is 24.3 Å². The Kier molecular flexibility index (Phi) is 7.31. The highest BCUT2D eigenvalue weighted by atomic mass is 16.5. The largest absolute Gasteiger partial charge is 0.497 e. The monoisotopic (exact) mass is 367 g/mol. The van der Waals surface area contributed by atoms with Crippen molar-refractivity contribution in [3.8, 4) is 5.75 Å².